The fourth-order valence-corrected chi connectivity index (χ4v) is 3.88. The number of carbonyl (C=O) groups is 1. The Morgan fingerprint density at radius 2 is 1.92 bits per heavy atom. The molecule has 25 heavy (non-hydrogen) atoms. The van der Waals surface area contributed by atoms with Crippen molar-refractivity contribution >= 4 is 17.7 Å². The molecule has 5 heteroatoms. The van der Waals surface area contributed by atoms with Gasteiger partial charge < -0.3 is 10.0 Å². The first kappa shape index (κ1) is 20.1. The molecule has 0 unspecified atom stereocenters. The van der Waals surface area contributed by atoms with Crippen LogP contribution in [0.2, 0.25) is 5.02 Å². The van der Waals surface area contributed by atoms with Crippen molar-refractivity contribution in [3.05, 3.63) is 34.3 Å². The highest BCUT2D eigenvalue weighted by atomic mass is 35.5. The summed E-state index contributed by atoms with van der Waals surface area (Å²) in [5.41, 5.74) is 1.61. The van der Waals surface area contributed by atoms with Crippen molar-refractivity contribution in [2.75, 3.05) is 20.6 Å². The van der Waals surface area contributed by atoms with Gasteiger partial charge in [0.15, 0.2) is 0 Å². The topological polar surface area (TPSA) is 43.8 Å². The molecule has 0 heterocycles. The summed E-state index contributed by atoms with van der Waals surface area (Å²) in [7, 11) is 4.16. The number of rotatable bonds is 7. The summed E-state index contributed by atoms with van der Waals surface area (Å²) in [4.78, 5) is 15.7. The Hall–Kier alpha value is -1.26. The smallest absolute Gasteiger partial charge is 0.408 e. The van der Waals surface area contributed by atoms with Crippen molar-refractivity contribution in [3.8, 4) is 0 Å². The molecule has 140 valence electrons. The van der Waals surface area contributed by atoms with Gasteiger partial charge in [-0.25, -0.2) is 4.79 Å². The molecular weight excluding hydrogens is 336 g/mol. The van der Waals surface area contributed by atoms with Crippen LogP contribution in [0.5, 0.6) is 0 Å². The van der Waals surface area contributed by atoms with Gasteiger partial charge in [0.05, 0.1) is 5.54 Å². The van der Waals surface area contributed by atoms with Crippen molar-refractivity contribution in [1.82, 2.24) is 9.80 Å². The SMILES string of the molecule is CN(C)CCCc1ccc(Cl)c(CC2(N(C(=O)O)C(C)(C)C)CC2)c1. The first-order valence-corrected chi connectivity index (χ1v) is 9.38. The van der Waals surface area contributed by atoms with Gasteiger partial charge >= 0.3 is 6.09 Å². The summed E-state index contributed by atoms with van der Waals surface area (Å²) >= 11 is 6.44. The highest BCUT2D eigenvalue weighted by molar-refractivity contribution is 6.31. The Kier molecular flexibility index (Phi) is 6.05. The molecule has 1 saturated carbocycles. The summed E-state index contributed by atoms with van der Waals surface area (Å²) in [6.07, 6.45) is 3.76. The third-order valence-electron chi connectivity index (χ3n) is 4.86. The molecule has 0 saturated heterocycles. The maximum Gasteiger partial charge on any atom is 0.408 e. The molecular formula is C20H31ClN2O2. The highest BCUT2D eigenvalue weighted by Gasteiger charge is 2.54. The van der Waals surface area contributed by atoms with E-state index < -0.39 is 11.6 Å². The van der Waals surface area contributed by atoms with E-state index in [0.717, 1.165) is 42.8 Å². The molecule has 0 radical (unpaired) electrons. The lowest BCUT2D eigenvalue weighted by Crippen LogP contribution is -2.53. The molecule has 1 fully saturated rings. The number of carboxylic acid groups (broad SMARTS) is 1. The van der Waals surface area contributed by atoms with Crippen LogP contribution in [0.3, 0.4) is 0 Å². The number of nitrogens with zero attached hydrogens (tertiary/aromatic N) is 2. The molecule has 0 bridgehead atoms. The van der Waals surface area contributed by atoms with Crippen molar-refractivity contribution in [2.45, 2.75) is 64.0 Å². The van der Waals surface area contributed by atoms with Crippen molar-refractivity contribution < 1.29 is 9.90 Å². The van der Waals surface area contributed by atoms with Gasteiger partial charge in [-0.3, -0.25) is 4.90 Å². The van der Waals surface area contributed by atoms with Crippen LogP contribution in [0.1, 0.15) is 51.2 Å². The average molecular weight is 367 g/mol. The normalized spacial score (nSPS) is 16.1. The van der Waals surface area contributed by atoms with Gasteiger partial charge in [0, 0.05) is 10.6 Å². The Labute approximate surface area is 156 Å². The van der Waals surface area contributed by atoms with Gasteiger partial charge in [-0.15, -0.1) is 0 Å². The fraction of sp³-hybridized carbons (Fsp3) is 0.650. The van der Waals surface area contributed by atoms with Crippen LogP contribution in [-0.2, 0) is 12.8 Å². The predicted octanol–water partition coefficient (Wildman–Crippen LogP) is 4.69. The second-order valence-corrected chi connectivity index (χ2v) is 8.93. The molecule has 1 N–H and O–H groups in total. The van der Waals surface area contributed by atoms with Gasteiger partial charge in [-0.1, -0.05) is 23.7 Å². The molecule has 2 rings (SSSR count). The molecule has 0 aliphatic heterocycles. The maximum atomic E-state index is 11.9. The van der Waals surface area contributed by atoms with E-state index in [1.165, 1.54) is 5.56 Å². The van der Waals surface area contributed by atoms with Crippen LogP contribution in [0, 0.1) is 0 Å². The van der Waals surface area contributed by atoms with Crippen molar-refractivity contribution in [1.29, 1.82) is 0 Å². The van der Waals surface area contributed by atoms with Crippen LogP contribution in [0.15, 0.2) is 18.2 Å². The molecule has 1 aromatic rings. The molecule has 1 aromatic carbocycles. The second kappa shape index (κ2) is 7.55. The molecule has 1 amide bonds. The van der Waals surface area contributed by atoms with Crippen LogP contribution in [-0.4, -0.2) is 52.7 Å². The summed E-state index contributed by atoms with van der Waals surface area (Å²) in [5.74, 6) is 0. The van der Waals surface area contributed by atoms with Gasteiger partial charge in [0.1, 0.15) is 0 Å². The Morgan fingerprint density at radius 1 is 1.28 bits per heavy atom. The predicted molar refractivity (Wildman–Crippen MR) is 104 cm³/mol. The summed E-state index contributed by atoms with van der Waals surface area (Å²) in [6, 6.07) is 6.21. The lowest BCUT2D eigenvalue weighted by Gasteiger charge is -2.40. The van der Waals surface area contributed by atoms with E-state index in [2.05, 4.69) is 31.1 Å². The number of amides is 1. The minimum Gasteiger partial charge on any atom is -0.465 e. The van der Waals surface area contributed by atoms with Crippen LogP contribution in [0.25, 0.3) is 0 Å². The first-order chi connectivity index (χ1) is 11.5. The second-order valence-electron chi connectivity index (χ2n) is 8.52. The number of hydrogen-bond donors (Lipinski definition) is 1. The molecule has 0 aromatic heterocycles. The Bertz CT molecular complexity index is 619. The zero-order chi connectivity index (χ0) is 18.8. The molecule has 1 aliphatic rings. The maximum absolute atomic E-state index is 11.9. The van der Waals surface area contributed by atoms with Crippen LogP contribution < -0.4 is 0 Å². The van der Waals surface area contributed by atoms with Gasteiger partial charge in [0.2, 0.25) is 0 Å². The Balaban J connectivity index is 2.17. The highest BCUT2D eigenvalue weighted by Crippen LogP contribution is 2.48. The van der Waals surface area contributed by atoms with Gasteiger partial charge in [-0.2, -0.15) is 0 Å². The summed E-state index contributed by atoms with van der Waals surface area (Å²) in [5, 5.41) is 10.5. The quantitative estimate of drug-likeness (QED) is 0.761. The number of halogens is 1. The molecule has 0 atom stereocenters. The van der Waals surface area contributed by atoms with E-state index in [0.29, 0.717) is 6.42 Å². The molecule has 4 nitrogen and oxygen atoms in total. The minimum absolute atomic E-state index is 0.310. The standard InChI is InChI=1S/C20H31ClN2O2/c1-19(2,3)23(18(24)25)20(10-11-20)14-16-13-15(8-9-17(16)21)7-6-12-22(4)5/h8-9,13H,6-7,10-12,14H2,1-5H3,(H,24,25). The Morgan fingerprint density at radius 3 is 2.40 bits per heavy atom. The average Bonchev–Trinajstić information content (AvgIpc) is 3.19. The summed E-state index contributed by atoms with van der Waals surface area (Å²) < 4.78 is 0. The monoisotopic (exact) mass is 366 g/mol. The number of aryl methyl sites for hydroxylation is 1. The first-order valence-electron chi connectivity index (χ1n) is 9.00. The fourth-order valence-electron chi connectivity index (χ4n) is 3.70. The molecule has 1 aliphatic carbocycles. The number of hydrogen-bond acceptors (Lipinski definition) is 2. The summed E-state index contributed by atoms with van der Waals surface area (Å²) in [6.45, 7) is 6.93. The van der Waals surface area contributed by atoms with Crippen LogP contribution >= 0.6 is 11.6 Å². The van der Waals surface area contributed by atoms with E-state index in [4.69, 9.17) is 11.6 Å². The third-order valence-corrected chi connectivity index (χ3v) is 5.23. The lowest BCUT2D eigenvalue weighted by molar-refractivity contribution is 0.0606. The van der Waals surface area contributed by atoms with E-state index in [-0.39, 0.29) is 5.54 Å². The molecule has 0 spiro atoms. The van der Waals surface area contributed by atoms with Crippen LogP contribution in [0.4, 0.5) is 4.79 Å². The van der Waals surface area contributed by atoms with Gasteiger partial charge in [-0.05, 0) is 90.7 Å². The largest absolute Gasteiger partial charge is 0.465 e. The third kappa shape index (κ3) is 5.11. The van der Waals surface area contributed by atoms with E-state index in [1.54, 1.807) is 4.90 Å². The number of benzene rings is 1. The zero-order valence-corrected chi connectivity index (χ0v) is 16.9. The lowest BCUT2D eigenvalue weighted by atomic mass is 9.95. The van der Waals surface area contributed by atoms with E-state index in [9.17, 15) is 9.90 Å². The zero-order valence-electron chi connectivity index (χ0n) is 16.1. The van der Waals surface area contributed by atoms with Gasteiger partial charge in [0.25, 0.3) is 0 Å². The van der Waals surface area contributed by atoms with E-state index >= 15 is 0 Å². The van der Waals surface area contributed by atoms with Crippen molar-refractivity contribution in [3.63, 3.8) is 0 Å². The van der Waals surface area contributed by atoms with E-state index in [1.807, 2.05) is 26.8 Å². The minimum atomic E-state index is -0.844. The van der Waals surface area contributed by atoms with Crippen molar-refractivity contribution in [2.24, 2.45) is 0 Å².